The third kappa shape index (κ3) is 3.95. The van der Waals surface area contributed by atoms with E-state index in [0.717, 1.165) is 12.1 Å². The lowest BCUT2D eigenvalue weighted by molar-refractivity contribution is -0.122. The SMILES string of the molecule is CCC(Oc1ccc(Cl)cc1)C(=O)Nc1c(F)cccc1F. The predicted octanol–water partition coefficient (Wildman–Crippen LogP) is 4.41. The van der Waals surface area contributed by atoms with E-state index in [1.54, 1.807) is 31.2 Å². The molecule has 1 atom stereocenters. The normalized spacial score (nSPS) is 11.8. The molecule has 116 valence electrons. The van der Waals surface area contributed by atoms with Gasteiger partial charge in [-0.2, -0.15) is 0 Å². The molecule has 3 nitrogen and oxygen atoms in total. The second kappa shape index (κ2) is 7.22. The van der Waals surface area contributed by atoms with Crippen LogP contribution in [0.25, 0.3) is 0 Å². The molecule has 0 heterocycles. The van der Waals surface area contributed by atoms with E-state index in [4.69, 9.17) is 16.3 Å². The first kappa shape index (κ1) is 16.2. The minimum Gasteiger partial charge on any atom is -0.481 e. The molecule has 2 rings (SSSR count). The topological polar surface area (TPSA) is 38.3 Å². The Balaban J connectivity index is 2.10. The molecule has 0 aliphatic heterocycles. The van der Waals surface area contributed by atoms with Gasteiger partial charge in [-0.3, -0.25) is 4.79 Å². The third-order valence-electron chi connectivity index (χ3n) is 2.97. The van der Waals surface area contributed by atoms with E-state index in [0.29, 0.717) is 17.2 Å². The summed E-state index contributed by atoms with van der Waals surface area (Å²) in [6.07, 6.45) is -0.537. The van der Waals surface area contributed by atoms with Gasteiger partial charge in [0.1, 0.15) is 23.1 Å². The van der Waals surface area contributed by atoms with Crippen LogP contribution < -0.4 is 10.1 Å². The van der Waals surface area contributed by atoms with Crippen molar-refractivity contribution in [1.29, 1.82) is 0 Å². The summed E-state index contributed by atoms with van der Waals surface area (Å²) >= 11 is 5.77. The molecule has 1 unspecified atom stereocenters. The van der Waals surface area contributed by atoms with Crippen molar-refractivity contribution in [1.82, 2.24) is 0 Å². The highest BCUT2D eigenvalue weighted by atomic mass is 35.5. The lowest BCUT2D eigenvalue weighted by Crippen LogP contribution is -2.33. The van der Waals surface area contributed by atoms with Gasteiger partial charge in [0, 0.05) is 5.02 Å². The molecule has 0 bridgehead atoms. The van der Waals surface area contributed by atoms with Crippen LogP contribution in [0.4, 0.5) is 14.5 Å². The Morgan fingerprint density at radius 1 is 1.18 bits per heavy atom. The molecule has 0 spiro atoms. The van der Waals surface area contributed by atoms with Crippen molar-refractivity contribution < 1.29 is 18.3 Å². The molecule has 1 amide bonds. The molecule has 0 saturated carbocycles. The quantitative estimate of drug-likeness (QED) is 0.884. The summed E-state index contributed by atoms with van der Waals surface area (Å²) in [7, 11) is 0. The minimum absolute atomic E-state index is 0.338. The van der Waals surface area contributed by atoms with E-state index in [-0.39, 0.29) is 0 Å². The number of nitrogens with one attached hydrogen (secondary N) is 1. The first-order valence-electron chi connectivity index (χ1n) is 6.68. The van der Waals surface area contributed by atoms with Gasteiger partial charge in [0.15, 0.2) is 6.10 Å². The molecule has 22 heavy (non-hydrogen) atoms. The fourth-order valence-electron chi connectivity index (χ4n) is 1.82. The number of carbonyl (C=O) groups excluding carboxylic acids is 1. The maximum absolute atomic E-state index is 13.5. The maximum atomic E-state index is 13.5. The van der Waals surface area contributed by atoms with Crippen LogP contribution in [0.3, 0.4) is 0 Å². The van der Waals surface area contributed by atoms with E-state index in [1.165, 1.54) is 6.07 Å². The third-order valence-corrected chi connectivity index (χ3v) is 3.22. The zero-order valence-corrected chi connectivity index (χ0v) is 12.5. The Morgan fingerprint density at radius 2 is 1.77 bits per heavy atom. The van der Waals surface area contributed by atoms with Gasteiger partial charge < -0.3 is 10.1 Å². The Bertz CT molecular complexity index is 641. The van der Waals surface area contributed by atoms with E-state index in [2.05, 4.69) is 5.32 Å². The van der Waals surface area contributed by atoms with Crippen LogP contribution in [-0.4, -0.2) is 12.0 Å². The Kier molecular flexibility index (Phi) is 5.33. The van der Waals surface area contributed by atoms with Gasteiger partial charge in [-0.1, -0.05) is 24.6 Å². The number of hydrogen-bond donors (Lipinski definition) is 1. The maximum Gasteiger partial charge on any atom is 0.265 e. The van der Waals surface area contributed by atoms with Gasteiger partial charge in [-0.15, -0.1) is 0 Å². The number of hydrogen-bond acceptors (Lipinski definition) is 2. The molecule has 1 N–H and O–H groups in total. The van der Waals surface area contributed by atoms with Crippen molar-refractivity contribution in [3.8, 4) is 5.75 Å². The largest absolute Gasteiger partial charge is 0.481 e. The summed E-state index contributed by atoms with van der Waals surface area (Å²) in [5, 5.41) is 2.76. The van der Waals surface area contributed by atoms with Crippen LogP contribution in [0, 0.1) is 11.6 Å². The zero-order chi connectivity index (χ0) is 16.1. The van der Waals surface area contributed by atoms with Gasteiger partial charge in [0.25, 0.3) is 5.91 Å². The number of para-hydroxylation sites is 1. The number of rotatable bonds is 5. The summed E-state index contributed by atoms with van der Waals surface area (Å²) in [6.45, 7) is 1.73. The van der Waals surface area contributed by atoms with Gasteiger partial charge in [-0.25, -0.2) is 8.78 Å². The van der Waals surface area contributed by atoms with Crippen molar-refractivity contribution in [2.24, 2.45) is 0 Å². The van der Waals surface area contributed by atoms with E-state index in [1.807, 2.05) is 0 Å². The Hall–Kier alpha value is -2.14. The number of anilines is 1. The fourth-order valence-corrected chi connectivity index (χ4v) is 1.95. The first-order valence-corrected chi connectivity index (χ1v) is 7.06. The number of ether oxygens (including phenoxy) is 1. The highest BCUT2D eigenvalue weighted by Gasteiger charge is 2.21. The van der Waals surface area contributed by atoms with Crippen molar-refractivity contribution in [3.05, 3.63) is 59.1 Å². The second-order valence-corrected chi connectivity index (χ2v) is 4.99. The van der Waals surface area contributed by atoms with Crippen LogP contribution in [0.1, 0.15) is 13.3 Å². The lowest BCUT2D eigenvalue weighted by Gasteiger charge is -2.17. The summed E-state index contributed by atoms with van der Waals surface area (Å²) < 4.78 is 32.6. The summed E-state index contributed by atoms with van der Waals surface area (Å²) in [4.78, 5) is 12.1. The smallest absolute Gasteiger partial charge is 0.265 e. The molecular weight excluding hydrogens is 312 g/mol. The molecule has 0 aromatic heterocycles. The number of benzene rings is 2. The van der Waals surface area contributed by atoms with E-state index < -0.39 is 29.3 Å². The van der Waals surface area contributed by atoms with Crippen LogP contribution >= 0.6 is 11.6 Å². The van der Waals surface area contributed by atoms with Crippen molar-refractivity contribution in [3.63, 3.8) is 0 Å². The van der Waals surface area contributed by atoms with Crippen molar-refractivity contribution >= 4 is 23.2 Å². The lowest BCUT2D eigenvalue weighted by atomic mass is 10.2. The van der Waals surface area contributed by atoms with E-state index >= 15 is 0 Å². The first-order chi connectivity index (χ1) is 10.5. The molecule has 0 aliphatic rings. The molecule has 0 fully saturated rings. The number of carbonyl (C=O) groups is 1. The highest BCUT2D eigenvalue weighted by Crippen LogP contribution is 2.21. The number of amides is 1. The van der Waals surface area contributed by atoms with Gasteiger partial charge >= 0.3 is 0 Å². The Morgan fingerprint density at radius 3 is 2.32 bits per heavy atom. The monoisotopic (exact) mass is 325 g/mol. The second-order valence-electron chi connectivity index (χ2n) is 4.55. The van der Waals surface area contributed by atoms with Gasteiger partial charge in [0.05, 0.1) is 0 Å². The van der Waals surface area contributed by atoms with Crippen LogP contribution in [-0.2, 0) is 4.79 Å². The molecule has 2 aromatic rings. The van der Waals surface area contributed by atoms with Gasteiger partial charge in [-0.05, 0) is 42.8 Å². The standard InChI is InChI=1S/C16H14ClF2NO2/c1-2-14(22-11-8-6-10(17)7-9-11)16(21)20-15-12(18)4-3-5-13(15)19/h3-9,14H,2H2,1H3,(H,20,21). The summed E-state index contributed by atoms with van der Waals surface area (Å²) in [5.74, 6) is -1.86. The highest BCUT2D eigenvalue weighted by molar-refractivity contribution is 6.30. The molecular formula is C16H14ClF2NO2. The fraction of sp³-hybridized carbons (Fsp3) is 0.188. The Labute approximate surface area is 131 Å². The molecule has 0 saturated heterocycles. The van der Waals surface area contributed by atoms with E-state index in [9.17, 15) is 13.6 Å². The zero-order valence-electron chi connectivity index (χ0n) is 11.8. The van der Waals surface area contributed by atoms with Crippen LogP contribution in [0.5, 0.6) is 5.75 Å². The molecule has 2 aromatic carbocycles. The molecule has 0 aliphatic carbocycles. The van der Waals surface area contributed by atoms with Crippen LogP contribution in [0.15, 0.2) is 42.5 Å². The average Bonchev–Trinajstić information content (AvgIpc) is 2.50. The predicted molar refractivity (Wildman–Crippen MR) is 81.1 cm³/mol. The summed E-state index contributed by atoms with van der Waals surface area (Å²) in [5.41, 5.74) is -0.481. The molecule has 0 radical (unpaired) electrons. The minimum atomic E-state index is -0.875. The number of halogens is 3. The average molecular weight is 326 g/mol. The van der Waals surface area contributed by atoms with Crippen molar-refractivity contribution in [2.45, 2.75) is 19.4 Å². The summed E-state index contributed by atoms with van der Waals surface area (Å²) in [6, 6.07) is 9.83. The van der Waals surface area contributed by atoms with Crippen LogP contribution in [0.2, 0.25) is 5.02 Å². The molecule has 6 heteroatoms. The van der Waals surface area contributed by atoms with Gasteiger partial charge in [0.2, 0.25) is 0 Å². The van der Waals surface area contributed by atoms with Crippen molar-refractivity contribution in [2.75, 3.05) is 5.32 Å².